The molecule has 6 nitrogen and oxygen atoms in total. The molecular formula is C57H35N5O. The van der Waals surface area contributed by atoms with Crippen LogP contribution < -0.4 is 0 Å². The molecule has 0 bridgehead atoms. The first-order valence-corrected chi connectivity index (χ1v) is 21.2. The first-order chi connectivity index (χ1) is 31.2. The Morgan fingerprint density at radius 2 is 0.810 bits per heavy atom. The van der Waals surface area contributed by atoms with Crippen molar-refractivity contribution in [3.8, 4) is 56.7 Å². The number of fused-ring (bicyclic) bond motifs is 9. The minimum absolute atomic E-state index is 0.565. The molecule has 0 aliphatic rings. The van der Waals surface area contributed by atoms with E-state index in [1.165, 1.54) is 21.8 Å². The molecule has 4 heterocycles. The summed E-state index contributed by atoms with van der Waals surface area (Å²) in [5.74, 6) is 1.73. The highest BCUT2D eigenvalue weighted by atomic mass is 16.3. The van der Waals surface area contributed by atoms with Gasteiger partial charge in [0, 0.05) is 54.7 Å². The average Bonchev–Trinajstić information content (AvgIpc) is 4.01. The molecular weight excluding hydrogens is 771 g/mol. The predicted molar refractivity (Wildman–Crippen MR) is 258 cm³/mol. The average molecular weight is 806 g/mol. The number of hydrogen-bond acceptors (Lipinski definition) is 4. The monoisotopic (exact) mass is 805 g/mol. The highest BCUT2D eigenvalue weighted by Gasteiger charge is 2.22. The van der Waals surface area contributed by atoms with E-state index in [2.05, 4.69) is 167 Å². The van der Waals surface area contributed by atoms with Crippen LogP contribution in [0.15, 0.2) is 217 Å². The van der Waals surface area contributed by atoms with Gasteiger partial charge in [0.05, 0.1) is 27.8 Å². The number of hydrogen-bond donors (Lipinski definition) is 0. The number of rotatable bonds is 6. The second kappa shape index (κ2) is 14.0. The maximum atomic E-state index is 6.36. The summed E-state index contributed by atoms with van der Waals surface area (Å²) in [5.41, 5.74) is 13.0. The van der Waals surface area contributed by atoms with Crippen LogP contribution in [0.2, 0.25) is 0 Å². The minimum Gasteiger partial charge on any atom is -0.456 e. The SMILES string of the molecule is c1ccc(-c2ccc(-c3nc(-c4ccccc4)nc(-c4ccc5c(c4)oc4ccccc45)n3)c(-n3c4ccccc4c4ccc(-n5c6ccccc6c6ccccc65)cc43)c2)cc1. The predicted octanol–water partition coefficient (Wildman–Crippen LogP) is 14.6. The molecule has 0 amide bonds. The Morgan fingerprint density at radius 1 is 0.302 bits per heavy atom. The second-order valence-electron chi connectivity index (χ2n) is 16.0. The van der Waals surface area contributed by atoms with Crippen molar-refractivity contribution in [3.63, 3.8) is 0 Å². The largest absolute Gasteiger partial charge is 0.456 e. The summed E-state index contributed by atoms with van der Waals surface area (Å²) in [6.07, 6.45) is 0. The summed E-state index contributed by atoms with van der Waals surface area (Å²) in [7, 11) is 0. The van der Waals surface area contributed by atoms with Gasteiger partial charge in [-0.15, -0.1) is 0 Å². The van der Waals surface area contributed by atoms with Gasteiger partial charge >= 0.3 is 0 Å². The van der Waals surface area contributed by atoms with Crippen LogP contribution in [0.5, 0.6) is 0 Å². The van der Waals surface area contributed by atoms with Crippen LogP contribution in [0.25, 0.3) is 122 Å². The van der Waals surface area contributed by atoms with Gasteiger partial charge in [-0.2, -0.15) is 0 Å². The van der Waals surface area contributed by atoms with Crippen molar-refractivity contribution in [3.05, 3.63) is 212 Å². The van der Waals surface area contributed by atoms with Gasteiger partial charge in [0.25, 0.3) is 0 Å². The fourth-order valence-electron chi connectivity index (χ4n) is 9.48. The summed E-state index contributed by atoms with van der Waals surface area (Å²) in [4.78, 5) is 15.8. The highest BCUT2D eigenvalue weighted by molar-refractivity contribution is 6.12. The quantitative estimate of drug-likeness (QED) is 0.168. The molecule has 294 valence electrons. The van der Waals surface area contributed by atoms with Gasteiger partial charge in [0.2, 0.25) is 0 Å². The molecule has 0 radical (unpaired) electrons. The van der Waals surface area contributed by atoms with Crippen LogP contribution in [0.3, 0.4) is 0 Å². The molecule has 0 aliphatic heterocycles. The molecule has 0 atom stereocenters. The van der Waals surface area contributed by atoms with Gasteiger partial charge in [0.1, 0.15) is 11.2 Å². The molecule has 6 heteroatoms. The van der Waals surface area contributed by atoms with Gasteiger partial charge in [0.15, 0.2) is 17.5 Å². The lowest BCUT2D eigenvalue weighted by atomic mass is 10.0. The lowest BCUT2D eigenvalue weighted by molar-refractivity contribution is 0.669. The molecule has 4 aromatic heterocycles. The Hall–Kier alpha value is -8.61. The Bertz CT molecular complexity index is 3860. The Morgan fingerprint density at radius 3 is 1.51 bits per heavy atom. The van der Waals surface area contributed by atoms with E-state index in [-0.39, 0.29) is 0 Å². The Kier molecular flexibility index (Phi) is 7.80. The zero-order valence-electron chi connectivity index (χ0n) is 33.9. The third-order valence-electron chi connectivity index (χ3n) is 12.4. The van der Waals surface area contributed by atoms with Crippen molar-refractivity contribution in [2.24, 2.45) is 0 Å². The van der Waals surface area contributed by atoms with E-state index < -0.39 is 0 Å². The molecule has 13 aromatic rings. The van der Waals surface area contributed by atoms with Crippen LogP contribution in [0, 0.1) is 0 Å². The number of aromatic nitrogens is 5. The molecule has 63 heavy (non-hydrogen) atoms. The summed E-state index contributed by atoms with van der Waals surface area (Å²) >= 11 is 0. The number of furan rings is 1. The van der Waals surface area contributed by atoms with E-state index in [0.717, 1.165) is 82.9 Å². The normalized spacial score (nSPS) is 11.8. The molecule has 0 fully saturated rings. The maximum Gasteiger partial charge on any atom is 0.166 e. The zero-order valence-corrected chi connectivity index (χ0v) is 33.9. The van der Waals surface area contributed by atoms with Crippen molar-refractivity contribution in [2.45, 2.75) is 0 Å². The lowest BCUT2D eigenvalue weighted by Gasteiger charge is -2.17. The molecule has 9 aromatic carbocycles. The Labute approximate surface area is 361 Å². The minimum atomic E-state index is 0.565. The van der Waals surface area contributed by atoms with E-state index in [9.17, 15) is 0 Å². The fourth-order valence-corrected chi connectivity index (χ4v) is 9.48. The third kappa shape index (κ3) is 5.62. The molecule has 0 saturated heterocycles. The van der Waals surface area contributed by atoms with E-state index in [1.54, 1.807) is 0 Å². The highest BCUT2D eigenvalue weighted by Crippen LogP contribution is 2.41. The van der Waals surface area contributed by atoms with Gasteiger partial charge in [-0.3, -0.25) is 0 Å². The summed E-state index contributed by atoms with van der Waals surface area (Å²) in [5, 5.41) is 6.91. The van der Waals surface area contributed by atoms with E-state index >= 15 is 0 Å². The van der Waals surface area contributed by atoms with Crippen molar-refractivity contribution in [1.82, 2.24) is 24.1 Å². The molecule has 0 aliphatic carbocycles. The van der Waals surface area contributed by atoms with Crippen molar-refractivity contribution >= 4 is 65.6 Å². The van der Waals surface area contributed by atoms with Crippen LogP contribution in [-0.4, -0.2) is 24.1 Å². The Balaban J connectivity index is 1.09. The second-order valence-corrected chi connectivity index (χ2v) is 16.0. The van der Waals surface area contributed by atoms with E-state index in [1.807, 2.05) is 54.6 Å². The summed E-state index contributed by atoms with van der Waals surface area (Å²) < 4.78 is 11.1. The molecule has 0 unspecified atom stereocenters. The van der Waals surface area contributed by atoms with E-state index in [4.69, 9.17) is 19.4 Å². The number of para-hydroxylation sites is 4. The first kappa shape index (κ1) is 35.2. The summed E-state index contributed by atoms with van der Waals surface area (Å²) in [6, 6.07) is 74.6. The van der Waals surface area contributed by atoms with Crippen molar-refractivity contribution in [2.75, 3.05) is 0 Å². The molecule has 0 spiro atoms. The van der Waals surface area contributed by atoms with Crippen LogP contribution in [0.4, 0.5) is 0 Å². The van der Waals surface area contributed by atoms with Gasteiger partial charge in [-0.25, -0.2) is 15.0 Å². The topological polar surface area (TPSA) is 61.7 Å². The number of benzene rings is 9. The van der Waals surface area contributed by atoms with Crippen molar-refractivity contribution < 1.29 is 4.42 Å². The smallest absolute Gasteiger partial charge is 0.166 e. The van der Waals surface area contributed by atoms with Gasteiger partial charge in [-0.05, 0) is 71.8 Å². The molecule has 0 saturated carbocycles. The van der Waals surface area contributed by atoms with E-state index in [0.29, 0.717) is 17.5 Å². The third-order valence-corrected chi connectivity index (χ3v) is 12.4. The first-order valence-electron chi connectivity index (χ1n) is 21.2. The van der Waals surface area contributed by atoms with Gasteiger partial charge < -0.3 is 13.6 Å². The van der Waals surface area contributed by atoms with Gasteiger partial charge in [-0.1, -0.05) is 152 Å². The molecule has 0 N–H and O–H groups in total. The fraction of sp³-hybridized carbons (Fsp3) is 0. The van der Waals surface area contributed by atoms with Crippen LogP contribution in [-0.2, 0) is 0 Å². The number of nitrogens with zero attached hydrogens (tertiary/aromatic N) is 5. The standard InChI is InChI=1S/C57H35N5O/c1-3-15-36(16-4-1)38-27-31-47(57-59-55(37-17-5-2-6-18-37)58-56(60-57)39-28-30-46-45-22-10-14-26-53(45)63-54(46)34-39)51(33-38)62-50-25-13-9-21-43(50)44-32-29-40(35-52(44)62)61-48-23-11-7-19-41(48)42-20-8-12-24-49(42)61/h1-35H. The maximum absolute atomic E-state index is 6.36. The summed E-state index contributed by atoms with van der Waals surface area (Å²) in [6.45, 7) is 0. The van der Waals surface area contributed by atoms with Crippen LogP contribution >= 0.6 is 0 Å². The van der Waals surface area contributed by atoms with Crippen LogP contribution in [0.1, 0.15) is 0 Å². The lowest BCUT2D eigenvalue weighted by Crippen LogP contribution is -2.04. The van der Waals surface area contributed by atoms with Crippen molar-refractivity contribution in [1.29, 1.82) is 0 Å². The zero-order chi connectivity index (χ0) is 41.4. The molecule has 13 rings (SSSR count).